The molecule has 4 bridgehead atoms. The van der Waals surface area contributed by atoms with E-state index in [4.69, 9.17) is 4.74 Å². The molecule has 174 valence electrons. The molecule has 2 N–H and O–H groups in total. The maximum Gasteiger partial charge on any atom is 0.242 e. The van der Waals surface area contributed by atoms with Gasteiger partial charge in [-0.2, -0.15) is 17.0 Å². The van der Waals surface area contributed by atoms with E-state index in [1.807, 2.05) is 18.9 Å². The number of thioether (sulfide) groups is 1. The highest BCUT2D eigenvalue weighted by atomic mass is 32.2. The number of sulfonamides is 1. The maximum atomic E-state index is 13.5. The van der Waals surface area contributed by atoms with Crippen molar-refractivity contribution >= 4 is 27.5 Å². The van der Waals surface area contributed by atoms with Crippen LogP contribution in [-0.4, -0.2) is 45.2 Å². The lowest BCUT2D eigenvalue weighted by atomic mass is 9.48. The Morgan fingerprint density at radius 2 is 2.03 bits per heavy atom. The average molecular weight is 476 g/mol. The van der Waals surface area contributed by atoms with E-state index in [2.05, 4.69) is 16.1 Å². The van der Waals surface area contributed by atoms with Crippen molar-refractivity contribution in [2.75, 3.05) is 31.3 Å². The van der Waals surface area contributed by atoms with Crippen LogP contribution >= 0.6 is 11.8 Å². The zero-order valence-corrected chi connectivity index (χ0v) is 20.4. The molecule has 5 aliphatic rings. The van der Waals surface area contributed by atoms with Crippen LogP contribution < -0.4 is 10.0 Å². The van der Waals surface area contributed by atoms with Crippen LogP contribution in [0.4, 0.5) is 5.69 Å². The predicted octanol–water partition coefficient (Wildman–Crippen LogP) is 4.13. The molecule has 6 nitrogen and oxygen atoms in total. The van der Waals surface area contributed by atoms with Crippen molar-refractivity contribution in [1.29, 1.82) is 5.26 Å². The first-order chi connectivity index (χ1) is 15.3. The second-order valence-corrected chi connectivity index (χ2v) is 13.7. The third-order valence-electron chi connectivity index (χ3n) is 8.14. The maximum absolute atomic E-state index is 13.5. The molecule has 0 aromatic heterocycles. The zero-order valence-electron chi connectivity index (χ0n) is 18.7. The summed E-state index contributed by atoms with van der Waals surface area (Å²) in [6.45, 7) is 1.19. The Labute approximate surface area is 195 Å². The Morgan fingerprint density at radius 1 is 1.25 bits per heavy atom. The van der Waals surface area contributed by atoms with Crippen molar-refractivity contribution in [2.24, 2.45) is 17.3 Å². The van der Waals surface area contributed by atoms with E-state index in [0.29, 0.717) is 34.9 Å². The number of hydrogen-bond donors (Lipinski definition) is 2. The number of nitrogens with one attached hydrogen (secondary N) is 2. The molecule has 1 aliphatic heterocycles. The Bertz CT molecular complexity index is 1000. The van der Waals surface area contributed by atoms with Crippen molar-refractivity contribution in [2.45, 2.75) is 67.1 Å². The molecule has 4 aliphatic carbocycles. The van der Waals surface area contributed by atoms with Crippen LogP contribution in [0.1, 0.15) is 56.9 Å². The van der Waals surface area contributed by atoms with E-state index in [1.54, 1.807) is 12.1 Å². The van der Waals surface area contributed by atoms with Gasteiger partial charge in [-0.05, 0) is 92.6 Å². The normalized spacial score (nSPS) is 35.7. The van der Waals surface area contributed by atoms with E-state index in [-0.39, 0.29) is 15.9 Å². The number of nitrogens with zero attached hydrogens (tertiary/aromatic N) is 1. The lowest BCUT2D eigenvalue weighted by molar-refractivity contribution is -0.177. The monoisotopic (exact) mass is 475 g/mol. The molecule has 1 heterocycles. The first kappa shape index (κ1) is 22.5. The van der Waals surface area contributed by atoms with Gasteiger partial charge in [-0.25, -0.2) is 13.1 Å². The fourth-order valence-corrected chi connectivity index (χ4v) is 9.69. The van der Waals surface area contributed by atoms with Gasteiger partial charge in [0.1, 0.15) is 4.90 Å². The van der Waals surface area contributed by atoms with E-state index >= 15 is 0 Å². The van der Waals surface area contributed by atoms with Crippen LogP contribution in [0.15, 0.2) is 23.1 Å². The average Bonchev–Trinajstić information content (AvgIpc) is 3.29. The van der Waals surface area contributed by atoms with Gasteiger partial charge in [0.05, 0.1) is 22.9 Å². The molecule has 5 fully saturated rings. The van der Waals surface area contributed by atoms with Crippen LogP contribution in [-0.2, 0) is 14.8 Å². The summed E-state index contributed by atoms with van der Waals surface area (Å²) in [6, 6.07) is 7.01. The lowest BCUT2D eigenvalue weighted by Gasteiger charge is -2.61. The number of rotatable bonds is 8. The molecule has 8 heteroatoms. The minimum absolute atomic E-state index is 0.0198. The molecule has 0 radical (unpaired) electrons. The predicted molar refractivity (Wildman–Crippen MR) is 127 cm³/mol. The molecule has 1 saturated heterocycles. The molecule has 3 unspecified atom stereocenters. The standard InChI is InChI=1S/C24H33N3O3S2/c1-30-24-11-18-7-19(12-24)10-23(9-18,15-24)16-27-32(28,29)22-8-17(13-25)4-5-21(22)26-14-20-3-2-6-31-20/h4-5,8,18-20,26-27H,2-3,6-7,9-12,14-16H2,1H3. The van der Waals surface area contributed by atoms with Crippen LogP contribution in [0.5, 0.6) is 0 Å². The molecular weight excluding hydrogens is 442 g/mol. The SMILES string of the molecule is COC12CC3CC(CC(CNS(=O)(=O)c4cc(C#N)ccc4NCC4CCCS4)(C3)C1)C2. The highest BCUT2D eigenvalue weighted by Gasteiger charge is 2.58. The van der Waals surface area contributed by atoms with Crippen LogP contribution in [0.2, 0.25) is 0 Å². The van der Waals surface area contributed by atoms with Crippen LogP contribution in [0, 0.1) is 28.6 Å². The van der Waals surface area contributed by atoms with Crippen LogP contribution in [0.3, 0.4) is 0 Å². The van der Waals surface area contributed by atoms with E-state index in [0.717, 1.165) is 45.1 Å². The van der Waals surface area contributed by atoms with Crippen molar-refractivity contribution in [1.82, 2.24) is 4.72 Å². The largest absolute Gasteiger partial charge is 0.383 e. The molecule has 0 spiro atoms. The molecule has 6 rings (SSSR count). The summed E-state index contributed by atoms with van der Waals surface area (Å²) in [5, 5.41) is 13.2. The molecule has 0 amide bonds. The number of methoxy groups -OCH3 is 1. The number of hydrogen-bond acceptors (Lipinski definition) is 6. The minimum atomic E-state index is -3.75. The van der Waals surface area contributed by atoms with Crippen molar-refractivity contribution in [3.63, 3.8) is 0 Å². The summed E-state index contributed by atoms with van der Waals surface area (Å²) < 4.78 is 35.9. The quantitative estimate of drug-likeness (QED) is 0.587. The number of nitriles is 1. The van der Waals surface area contributed by atoms with Crippen molar-refractivity contribution in [3.05, 3.63) is 23.8 Å². The Balaban J connectivity index is 1.34. The van der Waals surface area contributed by atoms with Gasteiger partial charge >= 0.3 is 0 Å². The minimum Gasteiger partial charge on any atom is -0.383 e. The van der Waals surface area contributed by atoms with Gasteiger partial charge in [0.25, 0.3) is 0 Å². The first-order valence-corrected chi connectivity index (χ1v) is 14.3. The van der Waals surface area contributed by atoms with Gasteiger partial charge in [-0.3, -0.25) is 0 Å². The van der Waals surface area contributed by atoms with E-state index in [1.165, 1.54) is 24.7 Å². The second kappa shape index (κ2) is 8.50. The fourth-order valence-electron chi connectivity index (χ4n) is 7.13. The summed E-state index contributed by atoms with van der Waals surface area (Å²) in [5.74, 6) is 2.45. The Kier molecular flexibility index (Phi) is 5.98. The highest BCUT2D eigenvalue weighted by Crippen LogP contribution is 2.62. The highest BCUT2D eigenvalue weighted by molar-refractivity contribution is 8.00. The summed E-state index contributed by atoms with van der Waals surface area (Å²) in [6.07, 6.45) is 8.96. The molecule has 4 saturated carbocycles. The fraction of sp³-hybridized carbons (Fsp3) is 0.708. The third-order valence-corrected chi connectivity index (χ3v) is 11.0. The van der Waals surface area contributed by atoms with Gasteiger partial charge < -0.3 is 10.1 Å². The molecule has 1 aromatic rings. The number of anilines is 1. The smallest absolute Gasteiger partial charge is 0.242 e. The first-order valence-electron chi connectivity index (χ1n) is 11.8. The third kappa shape index (κ3) is 4.29. The summed E-state index contributed by atoms with van der Waals surface area (Å²) in [7, 11) is -1.93. The summed E-state index contributed by atoms with van der Waals surface area (Å²) in [5.41, 5.74) is 0.859. The molecular formula is C24H33N3O3S2. The molecule has 3 atom stereocenters. The lowest BCUT2D eigenvalue weighted by Crippen LogP contribution is -2.59. The second-order valence-electron chi connectivity index (χ2n) is 10.5. The Hall–Kier alpha value is -1.27. The van der Waals surface area contributed by atoms with Gasteiger partial charge in [0.15, 0.2) is 0 Å². The van der Waals surface area contributed by atoms with E-state index in [9.17, 15) is 13.7 Å². The number of ether oxygens (including phenoxy) is 1. The van der Waals surface area contributed by atoms with Crippen molar-refractivity contribution < 1.29 is 13.2 Å². The Morgan fingerprint density at radius 3 is 2.69 bits per heavy atom. The van der Waals surface area contributed by atoms with Crippen LogP contribution in [0.25, 0.3) is 0 Å². The van der Waals surface area contributed by atoms with E-state index < -0.39 is 10.0 Å². The summed E-state index contributed by atoms with van der Waals surface area (Å²) >= 11 is 1.93. The van der Waals surface area contributed by atoms with Gasteiger partial charge in [-0.15, -0.1) is 0 Å². The zero-order chi connectivity index (χ0) is 22.4. The topological polar surface area (TPSA) is 91.2 Å². The van der Waals surface area contributed by atoms with Gasteiger partial charge in [-0.1, -0.05) is 0 Å². The van der Waals surface area contributed by atoms with Crippen molar-refractivity contribution in [3.8, 4) is 6.07 Å². The van der Waals surface area contributed by atoms with Gasteiger partial charge in [0, 0.05) is 25.4 Å². The molecule has 32 heavy (non-hydrogen) atoms. The van der Waals surface area contributed by atoms with Gasteiger partial charge in [0.2, 0.25) is 10.0 Å². The molecule has 1 aromatic carbocycles. The summed E-state index contributed by atoms with van der Waals surface area (Å²) in [4.78, 5) is 0.186. The number of benzene rings is 1.